The number of nitrogens with one attached hydrogen (secondary N) is 2. The van der Waals surface area contributed by atoms with Crippen LogP contribution in [0.5, 0.6) is 28.7 Å². The number of hydrogen-bond acceptors (Lipinski definition) is 12. The zero-order chi connectivity index (χ0) is 49.9. The highest BCUT2D eigenvalue weighted by Gasteiger charge is 2.45. The highest BCUT2D eigenvalue weighted by molar-refractivity contribution is 8.76. The van der Waals surface area contributed by atoms with E-state index in [9.17, 15) is 25.5 Å². The second-order valence-electron chi connectivity index (χ2n) is 20.0. The smallest absolute Gasteiger partial charge is 0.167 e. The van der Waals surface area contributed by atoms with Gasteiger partial charge in [-0.25, -0.2) is 0 Å². The number of Topliss-reactive ketones (excluding diaryl/α,β-unsaturated/α-hetero) is 1. The molecule has 3 aliphatic rings. The number of phenolic OH excluding ortho intramolecular Hbond substituents is 3. The molecule has 0 amide bonds. The van der Waals surface area contributed by atoms with Crippen molar-refractivity contribution in [1.82, 2.24) is 15.6 Å². The van der Waals surface area contributed by atoms with Gasteiger partial charge in [0.1, 0.15) is 18.3 Å². The maximum atomic E-state index is 16.0. The third-order valence-corrected chi connectivity index (χ3v) is 18.2. The summed E-state index contributed by atoms with van der Waals surface area (Å²) < 4.78 is 12.3. The molecule has 1 saturated carbocycles. The highest BCUT2D eigenvalue weighted by atomic mass is 33.1. The first-order valence-corrected chi connectivity index (χ1v) is 27.2. The molecule has 0 bridgehead atoms. The number of aryl methyl sites for hydroxylation is 1. The van der Waals surface area contributed by atoms with Crippen LogP contribution in [0.4, 0.5) is 0 Å². The minimum atomic E-state index is -1.39. The lowest BCUT2D eigenvalue weighted by atomic mass is 9.69. The van der Waals surface area contributed by atoms with E-state index in [2.05, 4.69) is 52.9 Å². The Hall–Kier alpha value is -5.41. The summed E-state index contributed by atoms with van der Waals surface area (Å²) in [4.78, 5) is 20.4. The standard InChI is InChI=1S/C58H66N3O8S2/c1-5-37-12-13-38-10-6-7-11-45(38)46(37)29-47-39(14-16-48(63)54(47)68-4)25-41(24-36-19-23-60-32-36)50(65)30-52(66)57(42-26-43(28-44(62)27-42)58(59-3)20-8-9-21-58)22-18-51-53-40(31-57)15-17-49(64)55(53)69-35-61-33-56(2,67)34-70-71-51/h6-7,10-19,22-23,26-28,32,41,50-51,59,61-65,67H,5,8-9,20-21,24-25,29-31,33-35H2,1-4H3/q-1/t41-,50+,51-,56+,57+/m0/s1. The van der Waals surface area contributed by atoms with Gasteiger partial charge in [-0.1, -0.05) is 120 Å². The first kappa shape index (κ1) is 50.5. The number of aliphatic hydroxyl groups is 2. The van der Waals surface area contributed by atoms with Crippen molar-refractivity contribution >= 4 is 38.1 Å². The zero-order valence-electron chi connectivity index (χ0n) is 41.0. The molecule has 2 heterocycles. The third-order valence-electron chi connectivity index (χ3n) is 15.3. The van der Waals surface area contributed by atoms with E-state index in [4.69, 9.17) is 9.47 Å². The van der Waals surface area contributed by atoms with Gasteiger partial charge in [-0.2, -0.15) is 12.4 Å². The molecule has 7 N–H and O–H groups in total. The van der Waals surface area contributed by atoms with E-state index in [-0.39, 0.29) is 42.6 Å². The van der Waals surface area contributed by atoms with Crippen LogP contribution in [0.2, 0.25) is 0 Å². The lowest BCUT2D eigenvalue weighted by Gasteiger charge is -2.35. The van der Waals surface area contributed by atoms with Gasteiger partial charge in [0.2, 0.25) is 0 Å². The predicted molar refractivity (Wildman–Crippen MR) is 284 cm³/mol. The van der Waals surface area contributed by atoms with Crippen LogP contribution in [0.25, 0.3) is 10.8 Å². The van der Waals surface area contributed by atoms with Crippen LogP contribution in [0.3, 0.4) is 0 Å². The van der Waals surface area contributed by atoms with Crippen molar-refractivity contribution in [1.29, 1.82) is 0 Å². The van der Waals surface area contributed by atoms with Crippen LogP contribution in [-0.2, 0) is 47.9 Å². The SMILES string of the molecule is CCc1ccc2ccccc2c1Cc1c(C[C@H](Cc2cc[n-]c2)[C@H](O)CC(=O)[C@]2(c3cc(O)cc(C4(NC)CCCC4)c3)C=C[C@@H]3SSC[C@](C)(O)CNCOc4c(O)ccc(c43)C2)ccc(O)c1OC. The Labute approximate surface area is 424 Å². The van der Waals surface area contributed by atoms with Crippen LogP contribution in [-0.4, -0.2) is 76.2 Å². The fourth-order valence-corrected chi connectivity index (χ4v) is 14.4. The normalized spacial score (nSPS) is 21.9. The number of aromatic hydroxyl groups is 3. The maximum Gasteiger partial charge on any atom is 0.167 e. The van der Waals surface area contributed by atoms with Crippen molar-refractivity contribution in [3.63, 3.8) is 0 Å². The molecule has 0 spiro atoms. The Morgan fingerprint density at radius 3 is 2.49 bits per heavy atom. The van der Waals surface area contributed by atoms with Crippen molar-refractivity contribution in [2.45, 2.75) is 106 Å². The Balaban J connectivity index is 1.15. The highest BCUT2D eigenvalue weighted by Crippen LogP contribution is 2.53. The van der Waals surface area contributed by atoms with Gasteiger partial charge >= 0.3 is 0 Å². The van der Waals surface area contributed by atoms with Crippen molar-refractivity contribution in [2.75, 3.05) is 33.2 Å². The Kier molecular flexibility index (Phi) is 15.2. The summed E-state index contributed by atoms with van der Waals surface area (Å²) in [6.45, 7) is 4.25. The molecule has 13 heteroatoms. The van der Waals surface area contributed by atoms with Crippen LogP contribution in [0.15, 0.2) is 109 Å². The first-order chi connectivity index (χ1) is 34.3. The number of benzene rings is 5. The summed E-state index contributed by atoms with van der Waals surface area (Å²) in [7, 11) is 6.55. The molecule has 71 heavy (non-hydrogen) atoms. The Morgan fingerprint density at radius 1 is 0.958 bits per heavy atom. The van der Waals surface area contributed by atoms with Gasteiger partial charge in [0.25, 0.3) is 0 Å². The van der Waals surface area contributed by atoms with Gasteiger partial charge in [0.15, 0.2) is 23.0 Å². The van der Waals surface area contributed by atoms with Gasteiger partial charge in [-0.05, 0) is 127 Å². The number of rotatable bonds is 15. The number of β-amino-alcohol motifs (C(OH)–C–C–N with tert-alkyl or cyclic N) is 1. The summed E-state index contributed by atoms with van der Waals surface area (Å²) in [6, 6.07) is 27.1. The second kappa shape index (κ2) is 21.4. The number of carbonyl (C=O) groups excluding carboxylic acids is 1. The second-order valence-corrected chi connectivity index (χ2v) is 22.5. The third kappa shape index (κ3) is 10.5. The fourth-order valence-electron chi connectivity index (χ4n) is 11.4. The van der Waals surface area contributed by atoms with Gasteiger partial charge in [-0.15, -0.1) is 0 Å². The molecule has 5 aromatic carbocycles. The molecule has 11 nitrogen and oxygen atoms in total. The number of aromatic nitrogens is 1. The summed E-state index contributed by atoms with van der Waals surface area (Å²) in [5.41, 5.74) is 5.16. The van der Waals surface area contributed by atoms with Crippen molar-refractivity contribution in [3.8, 4) is 28.7 Å². The lowest BCUT2D eigenvalue weighted by molar-refractivity contribution is -0.125. The van der Waals surface area contributed by atoms with Gasteiger partial charge in [-0.3, -0.25) is 10.1 Å². The summed E-state index contributed by atoms with van der Waals surface area (Å²) in [5, 5.41) is 67.0. The van der Waals surface area contributed by atoms with Crippen LogP contribution in [0, 0.1) is 5.92 Å². The molecule has 2 aliphatic carbocycles. The number of phenols is 3. The van der Waals surface area contributed by atoms with Crippen LogP contribution in [0.1, 0.15) is 101 Å². The number of ether oxygens (including phenoxy) is 2. The van der Waals surface area contributed by atoms with Crippen molar-refractivity contribution in [2.24, 2.45) is 5.92 Å². The number of methoxy groups -OCH3 is 1. The number of nitrogens with zero attached hydrogens (tertiary/aromatic N) is 1. The van der Waals surface area contributed by atoms with Crippen molar-refractivity contribution < 1.29 is 39.8 Å². The Bertz CT molecular complexity index is 2900. The van der Waals surface area contributed by atoms with E-state index in [1.165, 1.54) is 27.2 Å². The number of allylic oxidation sites excluding steroid dienone is 1. The summed E-state index contributed by atoms with van der Waals surface area (Å²) in [5.74, 6) is 0.414. The van der Waals surface area contributed by atoms with E-state index in [1.807, 2.05) is 49.5 Å². The first-order valence-electron chi connectivity index (χ1n) is 24.8. The molecule has 374 valence electrons. The Morgan fingerprint density at radius 2 is 1.73 bits per heavy atom. The molecule has 9 rings (SSSR count). The topological polar surface area (TPSA) is 175 Å². The van der Waals surface area contributed by atoms with Crippen molar-refractivity contribution in [3.05, 3.63) is 160 Å². The van der Waals surface area contributed by atoms with Gasteiger partial charge in [0.05, 0.1) is 29.5 Å². The van der Waals surface area contributed by atoms with Crippen LogP contribution < -0.4 is 25.1 Å². The number of carbonyl (C=O) groups is 1. The average Bonchev–Trinajstić information content (AvgIpc) is 4.04. The number of hydrogen-bond donors (Lipinski definition) is 7. The zero-order valence-corrected chi connectivity index (χ0v) is 42.7. The minimum Gasteiger partial charge on any atom is -0.670 e. The molecule has 0 unspecified atom stereocenters. The van der Waals surface area contributed by atoms with E-state index in [0.29, 0.717) is 48.6 Å². The van der Waals surface area contributed by atoms with E-state index < -0.39 is 33.8 Å². The largest absolute Gasteiger partial charge is 0.670 e. The number of ketones is 1. The molecular weight excluding hydrogens is 931 g/mol. The van der Waals surface area contributed by atoms with Gasteiger partial charge in [0, 0.05) is 41.8 Å². The average molecular weight is 997 g/mol. The van der Waals surface area contributed by atoms with Gasteiger partial charge < -0.3 is 45.3 Å². The van der Waals surface area contributed by atoms with E-state index in [0.717, 1.165) is 81.8 Å². The molecule has 0 saturated heterocycles. The molecule has 1 aromatic heterocycles. The maximum absolute atomic E-state index is 16.0. The number of fused-ring (bicyclic) bond motifs is 1. The van der Waals surface area contributed by atoms with E-state index >= 15 is 4.79 Å². The summed E-state index contributed by atoms with van der Waals surface area (Å²) in [6.07, 6.45) is 12.1. The fraction of sp³-hybridized carbons (Fsp3) is 0.397. The lowest BCUT2D eigenvalue weighted by Crippen LogP contribution is -2.41. The molecule has 5 atom stereocenters. The minimum absolute atomic E-state index is 0.0260. The summed E-state index contributed by atoms with van der Waals surface area (Å²) >= 11 is 0. The molecule has 1 fully saturated rings. The number of aliphatic hydroxyl groups excluding tert-OH is 1. The van der Waals surface area contributed by atoms with E-state index in [1.54, 1.807) is 50.7 Å². The van der Waals surface area contributed by atoms with Crippen LogP contribution >= 0.6 is 21.6 Å². The molecule has 1 aliphatic heterocycles. The quantitative estimate of drug-likeness (QED) is 0.0383. The molecule has 6 aromatic rings. The monoisotopic (exact) mass is 996 g/mol. The molecular formula is C58H66N3O8S2-. The molecule has 0 radical (unpaired) electrons. The predicted octanol–water partition coefficient (Wildman–Crippen LogP) is 9.65.